The second-order valence-electron chi connectivity index (χ2n) is 7.89. The van der Waals surface area contributed by atoms with E-state index in [4.69, 9.17) is 0 Å². The number of phenols is 1. The number of nitrogens with zero attached hydrogens (tertiary/aromatic N) is 4. The highest BCUT2D eigenvalue weighted by Crippen LogP contribution is 2.21. The first-order chi connectivity index (χ1) is 16.8. The summed E-state index contributed by atoms with van der Waals surface area (Å²) in [4.78, 5) is 19.2. The average Bonchev–Trinajstić information content (AvgIpc) is 3.46. The second kappa shape index (κ2) is 10.7. The first-order valence-electron chi connectivity index (χ1n) is 10.7. The summed E-state index contributed by atoms with van der Waals surface area (Å²) in [5.41, 5.74) is 1.28. The van der Waals surface area contributed by atoms with Crippen molar-refractivity contribution in [2.45, 2.75) is 24.0 Å². The van der Waals surface area contributed by atoms with Gasteiger partial charge in [-0.05, 0) is 54.4 Å². The van der Waals surface area contributed by atoms with Crippen molar-refractivity contribution in [2.75, 3.05) is 18.0 Å². The number of phenolic OH excluding ortho intramolecular Hbond substituents is 1. The molecule has 7 nitrogen and oxygen atoms in total. The third kappa shape index (κ3) is 6.04. The minimum atomic E-state index is -0.875. The van der Waals surface area contributed by atoms with Crippen LogP contribution in [0.2, 0.25) is 0 Å². The van der Waals surface area contributed by atoms with Crippen LogP contribution in [0.15, 0.2) is 65.7 Å². The lowest BCUT2D eigenvalue weighted by Crippen LogP contribution is -2.26. The van der Waals surface area contributed by atoms with Crippen LogP contribution in [-0.2, 0) is 6.54 Å². The van der Waals surface area contributed by atoms with Gasteiger partial charge in [0.15, 0.2) is 22.9 Å². The molecule has 0 spiro atoms. The maximum Gasteiger partial charge on any atom is 0.271 e. The molecule has 0 radical (unpaired) electrons. The molecule has 1 fully saturated rings. The summed E-state index contributed by atoms with van der Waals surface area (Å²) >= 11 is 3.91. The van der Waals surface area contributed by atoms with Gasteiger partial charge in [0, 0.05) is 18.0 Å². The Kier molecular flexibility index (Phi) is 7.45. The van der Waals surface area contributed by atoms with Crippen molar-refractivity contribution in [1.82, 2.24) is 19.9 Å². The summed E-state index contributed by atoms with van der Waals surface area (Å²) < 4.78 is 40.1. The minimum absolute atomic E-state index is 0.106. The first-order valence-corrected chi connectivity index (χ1v) is 11.2. The third-order valence-electron chi connectivity index (χ3n) is 5.31. The van der Waals surface area contributed by atoms with Gasteiger partial charge in [-0.15, -0.1) is 17.7 Å². The Balaban J connectivity index is 0.000000308. The Bertz CT molecular complexity index is 1330. The molecule has 3 heterocycles. The van der Waals surface area contributed by atoms with E-state index in [0.717, 1.165) is 6.07 Å². The van der Waals surface area contributed by atoms with Crippen LogP contribution in [0.25, 0.3) is 5.65 Å². The molecule has 1 saturated heterocycles. The number of nitrogens with one attached hydrogen (secondary N) is 1. The highest BCUT2D eigenvalue weighted by molar-refractivity contribution is 7.80. The lowest BCUT2D eigenvalue weighted by molar-refractivity contribution is 0.0944. The zero-order valence-electron chi connectivity index (χ0n) is 18.4. The zero-order valence-corrected chi connectivity index (χ0v) is 19.3. The number of rotatable bonds is 4. The van der Waals surface area contributed by atoms with Gasteiger partial charge in [-0.3, -0.25) is 4.79 Å². The van der Waals surface area contributed by atoms with Crippen molar-refractivity contribution in [2.24, 2.45) is 0 Å². The monoisotopic (exact) mass is 501 g/mol. The number of carbonyl (C=O) groups excluding carboxylic acids is 1. The van der Waals surface area contributed by atoms with Gasteiger partial charge >= 0.3 is 0 Å². The largest absolute Gasteiger partial charge is 0.505 e. The van der Waals surface area contributed by atoms with E-state index < -0.39 is 23.6 Å². The van der Waals surface area contributed by atoms with Crippen LogP contribution in [0.3, 0.4) is 0 Å². The van der Waals surface area contributed by atoms with Gasteiger partial charge < -0.3 is 15.3 Å². The maximum absolute atomic E-state index is 13.4. The molecular weight excluding hydrogens is 479 g/mol. The fraction of sp³-hybridized carbons (Fsp3) is 0.208. The molecule has 1 amide bonds. The van der Waals surface area contributed by atoms with Crippen LogP contribution in [0.1, 0.15) is 22.5 Å². The number of aromatic nitrogens is 3. The number of aromatic hydroxyl groups is 1. The number of hydrogen-bond acceptors (Lipinski definition) is 6. The molecule has 2 aromatic heterocycles. The van der Waals surface area contributed by atoms with E-state index in [-0.39, 0.29) is 24.6 Å². The van der Waals surface area contributed by atoms with Crippen molar-refractivity contribution in [3.8, 4) is 5.75 Å². The molecule has 182 valence electrons. The Hall–Kier alpha value is -3.73. The molecule has 1 atom stereocenters. The van der Waals surface area contributed by atoms with Gasteiger partial charge in [-0.2, -0.15) is 0 Å². The van der Waals surface area contributed by atoms with E-state index >= 15 is 0 Å². The minimum Gasteiger partial charge on any atom is -0.505 e. The molecule has 4 aromatic rings. The molecule has 1 aliphatic heterocycles. The predicted octanol–water partition coefficient (Wildman–Crippen LogP) is 4.17. The fourth-order valence-corrected chi connectivity index (χ4v) is 3.74. The second-order valence-corrected chi connectivity index (χ2v) is 8.40. The summed E-state index contributed by atoms with van der Waals surface area (Å²) in [7, 11) is 0. The molecule has 5 rings (SSSR count). The highest BCUT2D eigenvalue weighted by atomic mass is 32.1. The van der Waals surface area contributed by atoms with Crippen LogP contribution in [0.4, 0.5) is 19.0 Å². The number of fused-ring (bicyclic) bond motifs is 1. The lowest BCUT2D eigenvalue weighted by atomic mass is 10.2. The van der Waals surface area contributed by atoms with Crippen LogP contribution in [-0.4, -0.2) is 44.9 Å². The SMILES string of the molecule is Fc1cccc(S)c1.O=C(NCc1ccc(F)c(O)c1)c1cnc2ccc(N3CCC(F)C3)nn12. The number of hydrogen-bond donors (Lipinski definition) is 3. The number of carbonyl (C=O) groups is 1. The fourth-order valence-electron chi connectivity index (χ4n) is 3.53. The summed E-state index contributed by atoms with van der Waals surface area (Å²) in [5.74, 6) is -1.27. The van der Waals surface area contributed by atoms with E-state index in [9.17, 15) is 23.1 Å². The Morgan fingerprint density at radius 1 is 1.17 bits per heavy atom. The summed E-state index contributed by atoms with van der Waals surface area (Å²) in [6.45, 7) is 0.960. The normalized spacial score (nSPS) is 15.1. The number of benzene rings is 2. The van der Waals surface area contributed by atoms with Crippen LogP contribution in [0.5, 0.6) is 5.75 Å². The molecule has 0 bridgehead atoms. The average molecular weight is 502 g/mol. The first kappa shape index (κ1) is 24.4. The van der Waals surface area contributed by atoms with Crippen molar-refractivity contribution >= 4 is 30.0 Å². The van der Waals surface area contributed by atoms with Crippen molar-refractivity contribution < 1.29 is 23.1 Å². The highest BCUT2D eigenvalue weighted by Gasteiger charge is 2.24. The summed E-state index contributed by atoms with van der Waals surface area (Å²) in [5, 5.41) is 16.5. The predicted molar refractivity (Wildman–Crippen MR) is 128 cm³/mol. The molecule has 2 aromatic carbocycles. The standard InChI is InChI=1S/C18H17F2N5O2.C6H5FS/c19-12-5-6-24(10-12)17-4-3-16-21-9-14(25(16)23-17)18(27)22-8-11-1-2-13(20)15(26)7-11;7-5-2-1-3-6(8)4-5/h1-4,7,9,12,26H,5-6,8,10H2,(H,22,27);1-4,8H. The Morgan fingerprint density at radius 2 is 2.00 bits per heavy atom. The number of thiol groups is 1. The van der Waals surface area contributed by atoms with Gasteiger partial charge in [0.05, 0.1) is 12.7 Å². The van der Waals surface area contributed by atoms with Crippen LogP contribution < -0.4 is 10.2 Å². The lowest BCUT2D eigenvalue weighted by Gasteiger charge is -2.16. The van der Waals surface area contributed by atoms with E-state index in [0.29, 0.717) is 34.9 Å². The smallest absolute Gasteiger partial charge is 0.271 e. The van der Waals surface area contributed by atoms with Crippen LogP contribution >= 0.6 is 12.6 Å². The Morgan fingerprint density at radius 3 is 2.66 bits per heavy atom. The molecule has 0 saturated carbocycles. The van der Waals surface area contributed by atoms with Crippen molar-refractivity contribution in [1.29, 1.82) is 0 Å². The van der Waals surface area contributed by atoms with Gasteiger partial charge in [-0.25, -0.2) is 22.7 Å². The van der Waals surface area contributed by atoms with Gasteiger partial charge in [0.25, 0.3) is 5.91 Å². The molecule has 1 unspecified atom stereocenters. The number of alkyl halides is 1. The molecule has 1 aliphatic rings. The van der Waals surface area contributed by atoms with Gasteiger partial charge in [0.1, 0.15) is 17.8 Å². The molecule has 35 heavy (non-hydrogen) atoms. The quantitative estimate of drug-likeness (QED) is 0.366. The third-order valence-corrected chi connectivity index (χ3v) is 5.59. The summed E-state index contributed by atoms with van der Waals surface area (Å²) in [6.07, 6.45) is 0.993. The van der Waals surface area contributed by atoms with E-state index in [1.54, 1.807) is 24.3 Å². The van der Waals surface area contributed by atoms with E-state index in [1.165, 1.54) is 35.0 Å². The van der Waals surface area contributed by atoms with Gasteiger partial charge in [-0.1, -0.05) is 12.1 Å². The molecule has 2 N–H and O–H groups in total. The van der Waals surface area contributed by atoms with Gasteiger partial charge in [0.2, 0.25) is 0 Å². The summed E-state index contributed by atoms with van der Waals surface area (Å²) in [6, 6.07) is 13.4. The maximum atomic E-state index is 13.4. The van der Waals surface area contributed by atoms with E-state index in [1.807, 2.05) is 4.90 Å². The number of halogens is 3. The van der Waals surface area contributed by atoms with Crippen molar-refractivity contribution in [3.05, 3.63) is 83.7 Å². The number of imidazole rings is 1. The van der Waals surface area contributed by atoms with Crippen molar-refractivity contribution in [3.63, 3.8) is 0 Å². The van der Waals surface area contributed by atoms with Crippen LogP contribution in [0, 0.1) is 11.6 Å². The number of amides is 1. The molecular formula is C24H22F3N5O2S. The Labute approximate surface area is 204 Å². The van der Waals surface area contributed by atoms with E-state index in [2.05, 4.69) is 28.0 Å². The number of anilines is 1. The zero-order chi connectivity index (χ0) is 24.9. The topological polar surface area (TPSA) is 82.8 Å². The molecule has 11 heteroatoms. The molecule has 0 aliphatic carbocycles.